The number of halogens is 1. The van der Waals surface area contributed by atoms with E-state index < -0.39 is 0 Å². The Kier molecular flexibility index (Phi) is 4.12. The van der Waals surface area contributed by atoms with Gasteiger partial charge >= 0.3 is 5.69 Å². The van der Waals surface area contributed by atoms with Crippen LogP contribution in [0, 0.1) is 17.0 Å². The zero-order valence-electron chi connectivity index (χ0n) is 13.0. The molecular formula is C15H17ClN4O3. The molecule has 0 bridgehead atoms. The van der Waals surface area contributed by atoms with Crippen molar-refractivity contribution in [2.24, 2.45) is 0 Å². The Bertz CT molecular complexity index is 742. The van der Waals surface area contributed by atoms with E-state index in [-0.39, 0.29) is 10.6 Å². The molecule has 1 aliphatic rings. The predicted octanol–water partition coefficient (Wildman–Crippen LogP) is 3.17. The molecule has 23 heavy (non-hydrogen) atoms. The summed E-state index contributed by atoms with van der Waals surface area (Å²) in [6, 6.07) is 3.60. The molecule has 0 saturated carbocycles. The van der Waals surface area contributed by atoms with E-state index in [1.807, 2.05) is 29.4 Å². The zero-order valence-corrected chi connectivity index (χ0v) is 13.7. The van der Waals surface area contributed by atoms with E-state index >= 15 is 0 Å². The molecule has 7 nitrogen and oxygen atoms in total. The predicted molar refractivity (Wildman–Crippen MR) is 87.3 cm³/mol. The van der Waals surface area contributed by atoms with Crippen molar-refractivity contribution in [3.8, 4) is 5.75 Å². The lowest BCUT2D eigenvalue weighted by molar-refractivity contribution is -0.385. The zero-order chi connectivity index (χ0) is 16.6. The molecule has 0 atom stereocenters. The molecule has 0 unspecified atom stereocenters. The molecular weight excluding hydrogens is 320 g/mol. The fourth-order valence-electron chi connectivity index (χ4n) is 2.96. The van der Waals surface area contributed by atoms with Gasteiger partial charge in [0.05, 0.1) is 17.2 Å². The molecule has 122 valence electrons. The second-order valence-corrected chi connectivity index (χ2v) is 5.73. The first-order valence-electron chi connectivity index (χ1n) is 7.38. The van der Waals surface area contributed by atoms with Crippen molar-refractivity contribution in [2.75, 3.05) is 18.1 Å². The lowest BCUT2D eigenvalue weighted by Crippen LogP contribution is -2.20. The number of hydrogen-bond acceptors (Lipinski definition) is 5. The number of nitrogens with zero attached hydrogens (tertiary/aromatic N) is 4. The van der Waals surface area contributed by atoms with Crippen molar-refractivity contribution in [1.82, 2.24) is 9.55 Å². The van der Waals surface area contributed by atoms with Crippen LogP contribution in [0.1, 0.15) is 18.2 Å². The number of anilines is 1. The van der Waals surface area contributed by atoms with Crippen molar-refractivity contribution in [3.63, 3.8) is 0 Å². The quantitative estimate of drug-likeness (QED) is 0.476. The second-order valence-electron chi connectivity index (χ2n) is 5.34. The summed E-state index contributed by atoms with van der Waals surface area (Å²) < 4.78 is 7.47. The van der Waals surface area contributed by atoms with Crippen molar-refractivity contribution in [2.45, 2.75) is 26.9 Å². The third kappa shape index (κ3) is 2.72. The van der Waals surface area contributed by atoms with E-state index in [0.717, 1.165) is 11.3 Å². The number of pyridine rings is 1. The minimum Gasteiger partial charge on any atom is -0.486 e. The minimum atomic E-state index is -0.359. The van der Waals surface area contributed by atoms with Crippen LogP contribution >= 0.6 is 11.6 Å². The largest absolute Gasteiger partial charge is 0.486 e. The lowest BCUT2D eigenvalue weighted by atomic mass is 10.2. The van der Waals surface area contributed by atoms with Gasteiger partial charge in [-0.2, -0.15) is 0 Å². The van der Waals surface area contributed by atoms with Gasteiger partial charge in [-0.1, -0.05) is 17.7 Å². The highest BCUT2D eigenvalue weighted by molar-refractivity contribution is 6.29. The fourth-order valence-corrected chi connectivity index (χ4v) is 3.07. The monoisotopic (exact) mass is 336 g/mol. The summed E-state index contributed by atoms with van der Waals surface area (Å²) in [6.07, 6.45) is 1.69. The number of hydrogen-bond donors (Lipinski definition) is 0. The Morgan fingerprint density at radius 1 is 1.43 bits per heavy atom. The Balaban J connectivity index is 1.99. The number of rotatable bonds is 5. The van der Waals surface area contributed by atoms with Crippen LogP contribution in [0.5, 0.6) is 5.75 Å². The summed E-state index contributed by atoms with van der Waals surface area (Å²) in [5.41, 5.74) is 1.79. The third-order valence-electron chi connectivity index (χ3n) is 3.94. The summed E-state index contributed by atoms with van der Waals surface area (Å²) in [5, 5.41) is 12.0. The van der Waals surface area contributed by atoms with Gasteiger partial charge in [0.1, 0.15) is 5.15 Å². The average Bonchev–Trinajstić information content (AvgIpc) is 3.03. The Hall–Kier alpha value is -2.28. The van der Waals surface area contributed by atoms with Crippen LogP contribution in [0.3, 0.4) is 0 Å². The molecule has 2 aromatic heterocycles. The van der Waals surface area contributed by atoms with E-state index in [2.05, 4.69) is 4.98 Å². The lowest BCUT2D eigenvalue weighted by Gasteiger charge is -2.16. The van der Waals surface area contributed by atoms with Crippen LogP contribution in [0.4, 0.5) is 11.5 Å². The average molecular weight is 337 g/mol. The van der Waals surface area contributed by atoms with Gasteiger partial charge in [0, 0.05) is 25.8 Å². The normalized spacial score (nSPS) is 13.3. The molecule has 0 radical (unpaired) electrons. The van der Waals surface area contributed by atoms with Crippen LogP contribution in [-0.2, 0) is 13.1 Å². The van der Waals surface area contributed by atoms with E-state index in [4.69, 9.17) is 16.3 Å². The summed E-state index contributed by atoms with van der Waals surface area (Å²) in [5.74, 6) is 0.970. The highest BCUT2D eigenvalue weighted by Gasteiger charge is 2.37. The highest BCUT2D eigenvalue weighted by atomic mass is 35.5. The molecule has 1 aliphatic heterocycles. The molecule has 0 aliphatic carbocycles. The Morgan fingerprint density at radius 2 is 2.22 bits per heavy atom. The third-order valence-corrected chi connectivity index (χ3v) is 4.17. The van der Waals surface area contributed by atoms with E-state index in [0.29, 0.717) is 43.0 Å². The van der Waals surface area contributed by atoms with Gasteiger partial charge in [0.2, 0.25) is 5.75 Å². The smallest absolute Gasteiger partial charge is 0.353 e. The number of aromatic nitrogens is 2. The molecule has 0 aromatic carbocycles. The van der Waals surface area contributed by atoms with Gasteiger partial charge in [0.25, 0.3) is 0 Å². The number of fused-ring (bicyclic) bond motifs is 1. The second kappa shape index (κ2) is 6.08. The van der Waals surface area contributed by atoms with Gasteiger partial charge in [-0.25, -0.2) is 4.98 Å². The van der Waals surface area contributed by atoms with Crippen LogP contribution in [-0.4, -0.2) is 27.6 Å². The summed E-state index contributed by atoms with van der Waals surface area (Å²) >= 11 is 5.80. The van der Waals surface area contributed by atoms with Crippen molar-refractivity contribution >= 4 is 23.1 Å². The molecule has 2 aromatic rings. The van der Waals surface area contributed by atoms with Crippen molar-refractivity contribution in [1.29, 1.82) is 0 Å². The fraction of sp³-hybridized carbons (Fsp3) is 0.400. The highest BCUT2D eigenvalue weighted by Crippen LogP contribution is 2.45. The molecule has 0 amide bonds. The molecule has 0 N–H and O–H groups in total. The van der Waals surface area contributed by atoms with Crippen LogP contribution in [0.2, 0.25) is 5.15 Å². The van der Waals surface area contributed by atoms with Crippen molar-refractivity contribution in [3.05, 3.63) is 44.9 Å². The maximum absolute atomic E-state index is 11.6. The molecule has 0 fully saturated rings. The standard InChI is InChI=1S/C15H17ClN4O3/c1-3-23-14-10(2)19-7-6-18(15(19)13(14)20(21)22)9-11-4-5-12(16)17-8-11/h4-5,8H,3,6-7,9H2,1-2H3. The summed E-state index contributed by atoms with van der Waals surface area (Å²) in [4.78, 5) is 17.3. The topological polar surface area (TPSA) is 73.4 Å². The first-order valence-corrected chi connectivity index (χ1v) is 7.76. The van der Waals surface area contributed by atoms with Gasteiger partial charge in [0.15, 0.2) is 5.82 Å². The Morgan fingerprint density at radius 3 is 2.83 bits per heavy atom. The molecule has 0 saturated heterocycles. The SMILES string of the molecule is CCOc1c([N+](=O)[O-])c2n(c1C)CCN2Cc1ccc(Cl)nc1. The van der Waals surface area contributed by atoms with Crippen LogP contribution in [0.15, 0.2) is 18.3 Å². The maximum Gasteiger partial charge on any atom is 0.353 e. The van der Waals surface area contributed by atoms with E-state index in [1.54, 1.807) is 12.3 Å². The van der Waals surface area contributed by atoms with Crippen molar-refractivity contribution < 1.29 is 9.66 Å². The first kappa shape index (κ1) is 15.6. The van der Waals surface area contributed by atoms with E-state index in [9.17, 15) is 10.1 Å². The molecule has 0 spiro atoms. The summed E-state index contributed by atoms with van der Waals surface area (Å²) in [6.45, 7) is 6.03. The van der Waals surface area contributed by atoms with Gasteiger partial charge < -0.3 is 14.2 Å². The van der Waals surface area contributed by atoms with Gasteiger partial charge in [-0.05, 0) is 25.5 Å². The van der Waals surface area contributed by atoms with Gasteiger partial charge in [-0.15, -0.1) is 0 Å². The maximum atomic E-state index is 11.6. The van der Waals surface area contributed by atoms with Gasteiger partial charge in [-0.3, -0.25) is 10.1 Å². The van der Waals surface area contributed by atoms with E-state index in [1.165, 1.54) is 0 Å². The number of nitro groups is 1. The first-order chi connectivity index (χ1) is 11.0. The van der Waals surface area contributed by atoms with Crippen LogP contribution < -0.4 is 9.64 Å². The number of ether oxygens (including phenoxy) is 1. The van der Waals surface area contributed by atoms with Crippen LogP contribution in [0.25, 0.3) is 0 Å². The molecule has 3 rings (SSSR count). The molecule has 3 heterocycles. The summed E-state index contributed by atoms with van der Waals surface area (Å²) in [7, 11) is 0. The molecule has 8 heteroatoms. The minimum absolute atomic E-state index is 0.0452. The Labute approximate surface area is 138 Å².